The molecular weight excluding hydrogens is 232 g/mol. The van der Waals surface area contributed by atoms with Crippen LogP contribution in [0, 0.1) is 5.41 Å². The van der Waals surface area contributed by atoms with Crippen LogP contribution in [0.3, 0.4) is 0 Å². The Bertz CT molecular complexity index is 437. The molecule has 1 aromatic carbocycles. The highest BCUT2D eigenvalue weighted by Gasteiger charge is 2.10. The van der Waals surface area contributed by atoms with E-state index in [1.165, 1.54) is 36.8 Å². The first-order chi connectivity index (χ1) is 9.04. The number of azo groups is 1. The zero-order valence-electron chi connectivity index (χ0n) is 12.3. The molecule has 0 saturated carbocycles. The molecule has 1 atom stereocenters. The van der Waals surface area contributed by atoms with Crippen LogP contribution in [0.1, 0.15) is 57.2 Å². The zero-order valence-corrected chi connectivity index (χ0v) is 12.3. The number of rotatable bonds is 5. The fourth-order valence-corrected chi connectivity index (χ4v) is 2.31. The Morgan fingerprint density at radius 3 is 2.37 bits per heavy atom. The van der Waals surface area contributed by atoms with Gasteiger partial charge in [-0.25, -0.2) is 0 Å². The van der Waals surface area contributed by atoms with Gasteiger partial charge in [0, 0.05) is 6.20 Å². The van der Waals surface area contributed by atoms with Gasteiger partial charge in [0.1, 0.15) is 6.04 Å². The van der Waals surface area contributed by atoms with E-state index in [4.69, 9.17) is 0 Å². The average Bonchev–Trinajstić information content (AvgIpc) is 2.88. The molecule has 1 aliphatic heterocycles. The molecule has 0 N–H and O–H groups in total. The van der Waals surface area contributed by atoms with E-state index in [1.54, 1.807) is 6.20 Å². The molecule has 19 heavy (non-hydrogen) atoms. The van der Waals surface area contributed by atoms with Crippen molar-refractivity contribution >= 4 is 0 Å². The van der Waals surface area contributed by atoms with Crippen molar-refractivity contribution in [3.8, 4) is 0 Å². The molecule has 0 bridgehead atoms. The second-order valence-corrected chi connectivity index (χ2v) is 6.53. The molecule has 102 valence electrons. The van der Waals surface area contributed by atoms with Crippen LogP contribution in [-0.4, -0.2) is 0 Å². The van der Waals surface area contributed by atoms with Gasteiger partial charge in [-0.2, -0.15) is 10.2 Å². The molecule has 1 unspecified atom stereocenters. The standard InChI is InChI=1S/C17H24N2/c1-17(2,3)12-5-4-6-14-7-9-15(10-8-14)16-11-13-18-19-16/h7-11,13,16H,4-6,12H2,1-3H3. The molecular formula is C17H24N2. The Morgan fingerprint density at radius 2 is 1.79 bits per heavy atom. The van der Waals surface area contributed by atoms with Crippen LogP contribution >= 0.6 is 0 Å². The van der Waals surface area contributed by atoms with Crippen LogP contribution in [0.25, 0.3) is 0 Å². The molecule has 2 rings (SSSR count). The van der Waals surface area contributed by atoms with Crippen LogP contribution in [0.5, 0.6) is 0 Å². The van der Waals surface area contributed by atoms with E-state index < -0.39 is 0 Å². The molecule has 0 spiro atoms. The van der Waals surface area contributed by atoms with Crippen molar-refractivity contribution in [1.82, 2.24) is 0 Å². The molecule has 2 nitrogen and oxygen atoms in total. The summed E-state index contributed by atoms with van der Waals surface area (Å²) in [6.07, 6.45) is 8.87. The van der Waals surface area contributed by atoms with Crippen LogP contribution in [-0.2, 0) is 6.42 Å². The van der Waals surface area contributed by atoms with E-state index in [0.29, 0.717) is 5.41 Å². The van der Waals surface area contributed by atoms with Crippen LogP contribution in [0.15, 0.2) is 46.8 Å². The van der Waals surface area contributed by atoms with Crippen molar-refractivity contribution in [1.29, 1.82) is 0 Å². The Morgan fingerprint density at radius 1 is 1.05 bits per heavy atom. The van der Waals surface area contributed by atoms with E-state index >= 15 is 0 Å². The summed E-state index contributed by atoms with van der Waals surface area (Å²) in [6, 6.07) is 8.95. The lowest BCUT2D eigenvalue weighted by Crippen LogP contribution is -2.04. The van der Waals surface area contributed by atoms with Crippen LogP contribution in [0.2, 0.25) is 0 Å². The van der Waals surface area contributed by atoms with E-state index in [-0.39, 0.29) is 6.04 Å². The number of unbranched alkanes of at least 4 members (excludes halogenated alkanes) is 1. The van der Waals surface area contributed by atoms with Gasteiger partial charge < -0.3 is 0 Å². The van der Waals surface area contributed by atoms with Crippen molar-refractivity contribution in [2.75, 3.05) is 0 Å². The molecule has 0 aliphatic carbocycles. The fraction of sp³-hybridized carbons (Fsp3) is 0.529. The first kappa shape index (κ1) is 14.0. The monoisotopic (exact) mass is 256 g/mol. The van der Waals surface area contributed by atoms with E-state index in [1.807, 2.05) is 6.08 Å². The lowest BCUT2D eigenvalue weighted by Gasteiger charge is -2.17. The van der Waals surface area contributed by atoms with Gasteiger partial charge in [-0.1, -0.05) is 51.5 Å². The molecule has 2 heteroatoms. The molecule has 1 heterocycles. The van der Waals surface area contributed by atoms with Gasteiger partial charge in [-0.15, -0.1) is 0 Å². The number of nitrogens with zero attached hydrogens (tertiary/aromatic N) is 2. The second kappa shape index (κ2) is 6.14. The SMILES string of the molecule is CC(C)(C)CCCCc1ccc(C2C=CN=N2)cc1. The minimum absolute atomic E-state index is 0.134. The molecule has 1 aromatic rings. The molecule has 0 radical (unpaired) electrons. The zero-order chi connectivity index (χ0) is 13.7. The first-order valence-corrected chi connectivity index (χ1v) is 7.20. The summed E-state index contributed by atoms with van der Waals surface area (Å²) in [6.45, 7) is 6.93. The second-order valence-electron chi connectivity index (χ2n) is 6.53. The topological polar surface area (TPSA) is 24.7 Å². The first-order valence-electron chi connectivity index (χ1n) is 7.20. The number of benzene rings is 1. The highest BCUT2D eigenvalue weighted by Crippen LogP contribution is 2.25. The van der Waals surface area contributed by atoms with E-state index in [0.717, 1.165) is 0 Å². The van der Waals surface area contributed by atoms with Gasteiger partial charge in [0.2, 0.25) is 0 Å². The Hall–Kier alpha value is -1.44. The van der Waals surface area contributed by atoms with Crippen molar-refractivity contribution < 1.29 is 0 Å². The van der Waals surface area contributed by atoms with Crippen molar-refractivity contribution in [3.05, 3.63) is 47.7 Å². The van der Waals surface area contributed by atoms with Crippen molar-refractivity contribution in [3.63, 3.8) is 0 Å². The lowest BCUT2D eigenvalue weighted by atomic mass is 9.89. The molecule has 1 aliphatic rings. The highest BCUT2D eigenvalue weighted by molar-refractivity contribution is 5.28. The lowest BCUT2D eigenvalue weighted by molar-refractivity contribution is 0.360. The summed E-state index contributed by atoms with van der Waals surface area (Å²) >= 11 is 0. The van der Waals surface area contributed by atoms with Gasteiger partial charge in [0.05, 0.1) is 0 Å². The third kappa shape index (κ3) is 4.62. The minimum atomic E-state index is 0.134. The Labute approximate surface area is 116 Å². The van der Waals surface area contributed by atoms with Crippen molar-refractivity contribution in [2.24, 2.45) is 15.6 Å². The quantitative estimate of drug-likeness (QED) is 0.624. The van der Waals surface area contributed by atoms with Crippen molar-refractivity contribution in [2.45, 2.75) is 52.5 Å². The summed E-state index contributed by atoms with van der Waals surface area (Å²) in [5.41, 5.74) is 3.12. The summed E-state index contributed by atoms with van der Waals surface area (Å²) in [7, 11) is 0. The summed E-state index contributed by atoms with van der Waals surface area (Å²) in [5.74, 6) is 0. The normalized spacial score (nSPS) is 18.2. The highest BCUT2D eigenvalue weighted by atomic mass is 15.1. The predicted octanol–water partition coefficient (Wildman–Crippen LogP) is 5.47. The van der Waals surface area contributed by atoms with Gasteiger partial charge >= 0.3 is 0 Å². The van der Waals surface area contributed by atoms with Gasteiger partial charge in [-0.05, 0) is 41.9 Å². The molecule has 0 amide bonds. The largest absolute Gasteiger partial charge is 0.177 e. The minimum Gasteiger partial charge on any atom is -0.177 e. The maximum absolute atomic E-state index is 4.15. The Balaban J connectivity index is 1.79. The maximum Gasteiger partial charge on any atom is 0.116 e. The van der Waals surface area contributed by atoms with Gasteiger partial charge in [-0.3, -0.25) is 0 Å². The smallest absolute Gasteiger partial charge is 0.116 e. The van der Waals surface area contributed by atoms with Crippen LogP contribution in [0.4, 0.5) is 0 Å². The third-order valence-corrected chi connectivity index (χ3v) is 3.49. The number of hydrogen-bond acceptors (Lipinski definition) is 2. The summed E-state index contributed by atoms with van der Waals surface area (Å²) in [4.78, 5) is 0. The number of aryl methyl sites for hydroxylation is 1. The van der Waals surface area contributed by atoms with E-state index in [2.05, 4.69) is 55.3 Å². The van der Waals surface area contributed by atoms with E-state index in [9.17, 15) is 0 Å². The fourth-order valence-electron chi connectivity index (χ4n) is 2.31. The molecule has 0 aromatic heterocycles. The summed E-state index contributed by atoms with van der Waals surface area (Å²) in [5, 5.41) is 8.04. The predicted molar refractivity (Wildman–Crippen MR) is 80.2 cm³/mol. The van der Waals surface area contributed by atoms with Crippen LogP contribution < -0.4 is 0 Å². The summed E-state index contributed by atoms with van der Waals surface area (Å²) < 4.78 is 0. The molecule has 0 saturated heterocycles. The Kier molecular flexibility index (Phi) is 4.52. The third-order valence-electron chi connectivity index (χ3n) is 3.49. The van der Waals surface area contributed by atoms with Gasteiger partial charge in [0.15, 0.2) is 0 Å². The maximum atomic E-state index is 4.15. The average molecular weight is 256 g/mol. The number of hydrogen-bond donors (Lipinski definition) is 0. The van der Waals surface area contributed by atoms with Gasteiger partial charge in [0.25, 0.3) is 0 Å². The molecule has 0 fully saturated rings.